The second-order valence-electron chi connectivity index (χ2n) is 8.81. The summed E-state index contributed by atoms with van der Waals surface area (Å²) in [6.45, 7) is 1.87. The lowest BCUT2D eigenvalue weighted by Gasteiger charge is -2.61. The normalized spacial score (nSPS) is 41.4. The quantitative estimate of drug-likeness (QED) is 0.592. The van der Waals surface area contributed by atoms with Gasteiger partial charge in [-0.2, -0.15) is 0 Å². The van der Waals surface area contributed by atoms with Crippen LogP contribution in [-0.4, -0.2) is 49.2 Å². The van der Waals surface area contributed by atoms with Crippen molar-refractivity contribution in [2.45, 2.75) is 55.7 Å². The molecule has 0 radical (unpaired) electrons. The molecule has 6 nitrogen and oxygen atoms in total. The number of nitrogens with zero attached hydrogens (tertiary/aromatic N) is 2. The Hall–Kier alpha value is -2.08. The highest BCUT2D eigenvalue weighted by atomic mass is 16.6. The van der Waals surface area contributed by atoms with E-state index >= 15 is 0 Å². The number of methoxy groups -OCH3 is 1. The van der Waals surface area contributed by atoms with Gasteiger partial charge < -0.3 is 14.4 Å². The fourth-order valence-electron chi connectivity index (χ4n) is 7.63. The van der Waals surface area contributed by atoms with Crippen LogP contribution in [-0.2, 0) is 19.7 Å². The Morgan fingerprint density at radius 2 is 2.15 bits per heavy atom. The zero-order valence-electron chi connectivity index (χ0n) is 15.6. The Kier molecular flexibility index (Phi) is 2.86. The number of fused-ring (bicyclic) bond motifs is 1. The van der Waals surface area contributed by atoms with Gasteiger partial charge >= 0.3 is 5.97 Å². The molecule has 1 amide bonds. The van der Waals surface area contributed by atoms with E-state index in [0.29, 0.717) is 6.42 Å². The summed E-state index contributed by atoms with van der Waals surface area (Å²) < 4.78 is 12.0. The van der Waals surface area contributed by atoms with Crippen molar-refractivity contribution in [3.63, 3.8) is 0 Å². The van der Waals surface area contributed by atoms with Crippen LogP contribution in [0.5, 0.6) is 5.75 Å². The van der Waals surface area contributed by atoms with Crippen molar-refractivity contribution in [1.29, 1.82) is 0 Å². The van der Waals surface area contributed by atoms with Crippen LogP contribution in [0.25, 0.3) is 0 Å². The van der Waals surface area contributed by atoms with E-state index in [1.807, 2.05) is 17.0 Å². The molecule has 4 atom stereocenters. The fraction of sp³-hybridized carbons (Fsp3) is 0.619. The standard InChI is InChI=1S/C21H24N2O4/c1-26-15-5-2-4-14-18(15)23(13-24)16-6-8-19-7-3-10-22-11-9-20(14,16)21(19,22)27-17(25)12-19/h2,4-5,13,16H,3,6-12H2,1H3. The number of carbonyl (C=O) groups is 2. The Bertz CT molecular complexity index is 872. The third-order valence-corrected chi connectivity index (χ3v) is 8.24. The average molecular weight is 368 g/mol. The number of rotatable bonds is 2. The molecule has 0 N–H and O–H groups in total. The molecule has 4 aliphatic heterocycles. The van der Waals surface area contributed by atoms with E-state index in [1.165, 1.54) is 0 Å². The first-order valence-corrected chi connectivity index (χ1v) is 10.0. The molecule has 1 aromatic carbocycles. The topological polar surface area (TPSA) is 59.1 Å². The van der Waals surface area contributed by atoms with Crippen LogP contribution in [0.15, 0.2) is 18.2 Å². The minimum absolute atomic E-state index is 0.0171. The Balaban J connectivity index is 1.69. The molecule has 4 fully saturated rings. The summed E-state index contributed by atoms with van der Waals surface area (Å²) in [5.41, 5.74) is 0.900. The molecule has 4 heterocycles. The lowest BCUT2D eigenvalue weighted by molar-refractivity contribution is -0.230. The number of carbonyl (C=O) groups excluding carboxylic acids is 2. The number of benzene rings is 1. The maximum Gasteiger partial charge on any atom is 0.308 e. The van der Waals surface area contributed by atoms with Gasteiger partial charge in [-0.25, -0.2) is 0 Å². The monoisotopic (exact) mass is 368 g/mol. The molecule has 1 saturated carbocycles. The molecule has 0 aromatic heterocycles. The molecule has 3 saturated heterocycles. The third kappa shape index (κ3) is 1.45. The van der Waals surface area contributed by atoms with Crippen LogP contribution in [0, 0.1) is 5.41 Å². The molecule has 142 valence electrons. The van der Waals surface area contributed by atoms with Gasteiger partial charge in [-0.15, -0.1) is 0 Å². The summed E-state index contributed by atoms with van der Waals surface area (Å²) in [6.07, 6.45) is 6.36. The highest BCUT2D eigenvalue weighted by Crippen LogP contribution is 2.73. The molecule has 6 rings (SSSR count). The summed E-state index contributed by atoms with van der Waals surface area (Å²) in [6, 6.07) is 6.07. The van der Waals surface area contributed by atoms with Crippen LogP contribution in [0.4, 0.5) is 5.69 Å². The number of amides is 1. The average Bonchev–Trinajstić information content (AvgIpc) is 3.27. The minimum atomic E-state index is -0.614. The Morgan fingerprint density at radius 1 is 1.26 bits per heavy atom. The maximum atomic E-state index is 12.7. The number of para-hydroxylation sites is 1. The van der Waals surface area contributed by atoms with E-state index in [9.17, 15) is 9.59 Å². The van der Waals surface area contributed by atoms with Crippen molar-refractivity contribution in [3.05, 3.63) is 23.8 Å². The van der Waals surface area contributed by atoms with Crippen LogP contribution >= 0.6 is 0 Å². The molecule has 1 aromatic rings. The summed E-state index contributed by atoms with van der Waals surface area (Å²) in [5.74, 6) is 0.654. The molecule has 6 heteroatoms. The van der Waals surface area contributed by atoms with Crippen LogP contribution in [0.2, 0.25) is 0 Å². The van der Waals surface area contributed by atoms with Gasteiger partial charge in [-0.3, -0.25) is 14.5 Å². The number of ether oxygens (including phenoxy) is 2. The van der Waals surface area contributed by atoms with Gasteiger partial charge in [0.25, 0.3) is 0 Å². The molecular formula is C21H24N2O4. The lowest BCUT2D eigenvalue weighted by atomic mass is 9.50. The molecule has 0 bridgehead atoms. The molecule has 2 spiro atoms. The van der Waals surface area contributed by atoms with Crippen molar-refractivity contribution >= 4 is 18.1 Å². The number of piperidine rings is 1. The number of hydrogen-bond donors (Lipinski definition) is 0. The van der Waals surface area contributed by atoms with Crippen molar-refractivity contribution < 1.29 is 19.1 Å². The smallest absolute Gasteiger partial charge is 0.308 e. The summed E-state index contributed by atoms with van der Waals surface area (Å²) in [7, 11) is 1.65. The Morgan fingerprint density at radius 3 is 2.96 bits per heavy atom. The first-order chi connectivity index (χ1) is 13.1. The number of esters is 1. The summed E-state index contributed by atoms with van der Waals surface area (Å²) in [4.78, 5) is 29.2. The summed E-state index contributed by atoms with van der Waals surface area (Å²) in [5, 5.41) is 0. The van der Waals surface area contributed by atoms with E-state index in [0.717, 1.165) is 68.6 Å². The van der Waals surface area contributed by atoms with Gasteiger partial charge in [0.1, 0.15) is 5.75 Å². The first-order valence-electron chi connectivity index (χ1n) is 10.0. The third-order valence-electron chi connectivity index (χ3n) is 8.24. The van der Waals surface area contributed by atoms with Crippen molar-refractivity contribution in [2.24, 2.45) is 5.41 Å². The van der Waals surface area contributed by atoms with Crippen molar-refractivity contribution in [2.75, 3.05) is 25.1 Å². The second kappa shape index (κ2) is 4.85. The molecule has 1 aliphatic carbocycles. The van der Waals surface area contributed by atoms with Crippen LogP contribution in [0.3, 0.4) is 0 Å². The van der Waals surface area contributed by atoms with E-state index in [4.69, 9.17) is 9.47 Å². The fourth-order valence-corrected chi connectivity index (χ4v) is 7.63. The van der Waals surface area contributed by atoms with Crippen LogP contribution < -0.4 is 9.64 Å². The first kappa shape index (κ1) is 15.9. The van der Waals surface area contributed by atoms with Gasteiger partial charge in [0.2, 0.25) is 6.41 Å². The SMILES string of the molecule is COc1cccc2c1N(C=O)C1CCC34CCCN5CCC21C53OC(=O)C4. The van der Waals surface area contributed by atoms with E-state index in [-0.39, 0.29) is 22.8 Å². The minimum Gasteiger partial charge on any atom is -0.495 e. The van der Waals surface area contributed by atoms with Crippen molar-refractivity contribution in [1.82, 2.24) is 4.90 Å². The van der Waals surface area contributed by atoms with E-state index in [2.05, 4.69) is 11.0 Å². The second-order valence-corrected chi connectivity index (χ2v) is 8.81. The highest BCUT2D eigenvalue weighted by molar-refractivity contribution is 5.88. The van der Waals surface area contributed by atoms with E-state index < -0.39 is 5.72 Å². The van der Waals surface area contributed by atoms with Gasteiger partial charge in [0, 0.05) is 18.5 Å². The van der Waals surface area contributed by atoms with Gasteiger partial charge in [-0.1, -0.05) is 12.1 Å². The van der Waals surface area contributed by atoms with Crippen molar-refractivity contribution in [3.8, 4) is 5.75 Å². The summed E-state index contributed by atoms with van der Waals surface area (Å²) >= 11 is 0. The van der Waals surface area contributed by atoms with Gasteiger partial charge in [0.05, 0.1) is 30.7 Å². The lowest BCUT2D eigenvalue weighted by Crippen LogP contribution is -2.72. The molecule has 5 aliphatic rings. The van der Waals surface area contributed by atoms with Gasteiger partial charge in [-0.05, 0) is 43.7 Å². The highest BCUT2D eigenvalue weighted by Gasteiger charge is 2.82. The number of hydrogen-bond acceptors (Lipinski definition) is 5. The molecule has 27 heavy (non-hydrogen) atoms. The predicted octanol–water partition coefficient (Wildman–Crippen LogP) is 2.20. The zero-order chi connectivity index (χ0) is 18.4. The predicted molar refractivity (Wildman–Crippen MR) is 97.5 cm³/mol. The zero-order valence-corrected chi connectivity index (χ0v) is 15.6. The largest absolute Gasteiger partial charge is 0.495 e. The van der Waals surface area contributed by atoms with E-state index in [1.54, 1.807) is 7.11 Å². The molecule has 4 unspecified atom stereocenters. The van der Waals surface area contributed by atoms with Crippen LogP contribution in [0.1, 0.15) is 44.1 Å². The van der Waals surface area contributed by atoms with Gasteiger partial charge in [0.15, 0.2) is 5.72 Å². The Labute approximate surface area is 158 Å². The maximum absolute atomic E-state index is 12.7. The molecular weight excluding hydrogens is 344 g/mol. The number of anilines is 1.